The first-order valence-electron chi connectivity index (χ1n) is 9.41. The Kier molecular flexibility index (Phi) is 4.99. The number of hydrogen-bond donors (Lipinski definition) is 0. The summed E-state index contributed by atoms with van der Waals surface area (Å²) < 4.78 is 10.8. The van der Waals surface area contributed by atoms with Crippen LogP contribution in [0.1, 0.15) is 29.2 Å². The van der Waals surface area contributed by atoms with E-state index in [-0.39, 0.29) is 11.8 Å². The quantitative estimate of drug-likeness (QED) is 0.463. The van der Waals surface area contributed by atoms with Gasteiger partial charge in [0.1, 0.15) is 0 Å². The highest BCUT2D eigenvalue weighted by Crippen LogP contribution is 2.27. The molecule has 0 aromatic carbocycles. The molecule has 0 saturated carbocycles. The monoisotopic (exact) mass is 426 g/mol. The van der Waals surface area contributed by atoms with Crippen molar-refractivity contribution in [1.29, 1.82) is 0 Å². The molecule has 29 heavy (non-hydrogen) atoms. The molecule has 4 aromatic rings. The number of piperidine rings is 1. The van der Waals surface area contributed by atoms with E-state index in [0.29, 0.717) is 36.1 Å². The van der Waals surface area contributed by atoms with Crippen LogP contribution in [0, 0.1) is 5.92 Å². The van der Waals surface area contributed by atoms with Crippen molar-refractivity contribution >= 4 is 28.6 Å². The minimum absolute atomic E-state index is 0.0919. The fraction of sp³-hybridized carbons (Fsp3) is 0.300. The van der Waals surface area contributed by atoms with E-state index in [4.69, 9.17) is 9.05 Å². The van der Waals surface area contributed by atoms with Gasteiger partial charge in [0, 0.05) is 36.5 Å². The van der Waals surface area contributed by atoms with Gasteiger partial charge >= 0.3 is 0 Å². The van der Waals surface area contributed by atoms with Crippen molar-refractivity contribution < 1.29 is 13.8 Å². The number of carbonyl (C=O) groups excluding carboxylic acids is 1. The lowest BCUT2D eigenvalue weighted by atomic mass is 9.94. The second-order valence-corrected chi connectivity index (χ2v) is 8.77. The summed E-state index contributed by atoms with van der Waals surface area (Å²) in [7, 11) is 0. The van der Waals surface area contributed by atoms with Gasteiger partial charge in [-0.3, -0.25) is 4.79 Å². The third-order valence-corrected chi connectivity index (χ3v) is 6.58. The van der Waals surface area contributed by atoms with Gasteiger partial charge in [-0.25, -0.2) is 0 Å². The molecule has 7 nitrogen and oxygen atoms in total. The molecule has 4 aromatic heterocycles. The molecule has 1 atom stereocenters. The van der Waals surface area contributed by atoms with Crippen LogP contribution in [-0.2, 0) is 6.42 Å². The highest BCUT2D eigenvalue weighted by molar-refractivity contribution is 7.13. The Hall–Kier alpha value is -2.78. The van der Waals surface area contributed by atoms with Gasteiger partial charge in [0.15, 0.2) is 11.5 Å². The maximum Gasteiger partial charge on any atom is 0.276 e. The first-order chi connectivity index (χ1) is 14.3. The maximum absolute atomic E-state index is 12.9. The average molecular weight is 427 g/mol. The topological polar surface area (TPSA) is 85.3 Å². The number of likely N-dealkylation sites (tertiary alicyclic amines) is 1. The Balaban J connectivity index is 1.24. The van der Waals surface area contributed by atoms with Crippen LogP contribution in [0.25, 0.3) is 22.0 Å². The highest BCUT2D eigenvalue weighted by atomic mass is 32.1. The van der Waals surface area contributed by atoms with Crippen molar-refractivity contribution in [3.8, 4) is 22.0 Å². The van der Waals surface area contributed by atoms with E-state index < -0.39 is 0 Å². The Labute approximate surface area is 175 Å². The predicted molar refractivity (Wildman–Crippen MR) is 110 cm³/mol. The molecule has 1 saturated heterocycles. The van der Waals surface area contributed by atoms with E-state index >= 15 is 0 Å². The van der Waals surface area contributed by atoms with Crippen molar-refractivity contribution in [2.75, 3.05) is 13.1 Å². The van der Waals surface area contributed by atoms with Gasteiger partial charge in [-0.2, -0.15) is 16.3 Å². The van der Waals surface area contributed by atoms with E-state index in [2.05, 4.69) is 15.3 Å². The van der Waals surface area contributed by atoms with Crippen LogP contribution >= 0.6 is 22.7 Å². The fourth-order valence-corrected chi connectivity index (χ4v) is 4.89. The van der Waals surface area contributed by atoms with Crippen LogP contribution in [-0.4, -0.2) is 39.2 Å². The number of nitrogens with zero attached hydrogens (tertiary/aromatic N) is 4. The second-order valence-electron chi connectivity index (χ2n) is 7.04. The molecule has 0 aliphatic carbocycles. The lowest BCUT2D eigenvalue weighted by Gasteiger charge is -2.31. The van der Waals surface area contributed by atoms with E-state index in [1.54, 1.807) is 28.7 Å². The molecule has 148 valence electrons. The summed E-state index contributed by atoms with van der Waals surface area (Å²) in [5, 5.41) is 14.0. The van der Waals surface area contributed by atoms with Gasteiger partial charge in [0.2, 0.25) is 11.7 Å². The normalized spacial score (nSPS) is 17.0. The third-order valence-electron chi connectivity index (χ3n) is 5.01. The fourth-order valence-electron chi connectivity index (χ4n) is 3.58. The van der Waals surface area contributed by atoms with Crippen molar-refractivity contribution in [3.05, 3.63) is 52.0 Å². The summed E-state index contributed by atoms with van der Waals surface area (Å²) in [5.41, 5.74) is 1.32. The molecular formula is C20H18N4O3S2. The number of aromatic nitrogens is 3. The van der Waals surface area contributed by atoms with E-state index in [1.807, 2.05) is 39.2 Å². The second kappa shape index (κ2) is 7.92. The molecule has 0 bridgehead atoms. The van der Waals surface area contributed by atoms with Crippen molar-refractivity contribution in [1.82, 2.24) is 20.2 Å². The average Bonchev–Trinajstić information content (AvgIpc) is 3.54. The Morgan fingerprint density at radius 2 is 2.21 bits per heavy atom. The summed E-state index contributed by atoms with van der Waals surface area (Å²) in [4.78, 5) is 20.2. The summed E-state index contributed by atoms with van der Waals surface area (Å²) in [6.07, 6.45) is 2.64. The minimum Gasteiger partial charge on any atom is -0.355 e. The zero-order valence-electron chi connectivity index (χ0n) is 15.5. The molecule has 5 heterocycles. The van der Waals surface area contributed by atoms with Gasteiger partial charge in [-0.05, 0) is 41.7 Å². The van der Waals surface area contributed by atoms with Gasteiger partial charge < -0.3 is 13.9 Å². The number of rotatable bonds is 5. The maximum atomic E-state index is 12.9. The first kappa shape index (κ1) is 18.3. The summed E-state index contributed by atoms with van der Waals surface area (Å²) in [6.45, 7) is 1.37. The Bertz CT molecular complexity index is 1090. The van der Waals surface area contributed by atoms with Crippen LogP contribution in [0.4, 0.5) is 0 Å². The van der Waals surface area contributed by atoms with Crippen molar-refractivity contribution in [3.63, 3.8) is 0 Å². The number of hydrogen-bond acceptors (Lipinski definition) is 8. The van der Waals surface area contributed by atoms with Crippen molar-refractivity contribution in [2.45, 2.75) is 19.3 Å². The molecule has 0 N–H and O–H groups in total. The lowest BCUT2D eigenvalue weighted by molar-refractivity contribution is 0.0658. The molecule has 1 unspecified atom stereocenters. The van der Waals surface area contributed by atoms with E-state index in [1.165, 1.54) is 0 Å². The van der Waals surface area contributed by atoms with Crippen LogP contribution in [0.5, 0.6) is 0 Å². The molecule has 5 rings (SSSR count). The summed E-state index contributed by atoms with van der Waals surface area (Å²) >= 11 is 3.16. The summed E-state index contributed by atoms with van der Waals surface area (Å²) in [5.74, 6) is 2.06. The largest absolute Gasteiger partial charge is 0.355 e. The lowest BCUT2D eigenvalue weighted by Crippen LogP contribution is -2.40. The number of carbonyl (C=O) groups is 1. The van der Waals surface area contributed by atoms with Crippen LogP contribution in [0.2, 0.25) is 0 Å². The molecule has 1 fully saturated rings. The zero-order valence-corrected chi connectivity index (χ0v) is 17.1. The molecule has 0 spiro atoms. The van der Waals surface area contributed by atoms with Gasteiger partial charge in [-0.15, -0.1) is 11.3 Å². The molecule has 1 aliphatic heterocycles. The molecule has 1 amide bonds. The Morgan fingerprint density at radius 1 is 1.24 bits per heavy atom. The third kappa shape index (κ3) is 3.88. The summed E-state index contributed by atoms with van der Waals surface area (Å²) in [6, 6.07) is 7.59. The van der Waals surface area contributed by atoms with Gasteiger partial charge in [0.05, 0.1) is 4.88 Å². The van der Waals surface area contributed by atoms with Gasteiger partial charge in [0.25, 0.3) is 5.91 Å². The van der Waals surface area contributed by atoms with E-state index in [9.17, 15) is 4.79 Å². The van der Waals surface area contributed by atoms with E-state index in [0.717, 1.165) is 29.8 Å². The van der Waals surface area contributed by atoms with Gasteiger partial charge in [-0.1, -0.05) is 16.4 Å². The first-order valence-corrected chi connectivity index (χ1v) is 11.2. The standard InChI is InChI=1S/C20H18N4O3S2/c25-20(15-10-16(26-22-15)17-4-2-7-29-17)24-6-1-3-13(11-24)9-18-21-19(23-27-18)14-5-8-28-12-14/h2,4-5,7-8,10,12-13H,1,3,6,9,11H2. The molecule has 0 radical (unpaired) electrons. The number of amides is 1. The molecule has 9 heteroatoms. The van der Waals surface area contributed by atoms with Crippen LogP contribution in [0.15, 0.2) is 49.5 Å². The van der Waals surface area contributed by atoms with Crippen molar-refractivity contribution in [2.24, 2.45) is 5.92 Å². The molecular weight excluding hydrogens is 408 g/mol. The zero-order chi connectivity index (χ0) is 19.6. The smallest absolute Gasteiger partial charge is 0.276 e. The highest BCUT2D eigenvalue weighted by Gasteiger charge is 2.28. The van der Waals surface area contributed by atoms with Crippen LogP contribution < -0.4 is 0 Å². The SMILES string of the molecule is O=C(c1cc(-c2cccs2)on1)N1CCCC(Cc2nc(-c3ccsc3)no2)C1. The predicted octanol–water partition coefficient (Wildman–Crippen LogP) is 4.61. The minimum atomic E-state index is -0.0919. The molecule has 1 aliphatic rings. The van der Waals surface area contributed by atoms with Crippen LogP contribution in [0.3, 0.4) is 0 Å². The Morgan fingerprint density at radius 3 is 3.03 bits per heavy atom. The number of thiophene rings is 2.